The topological polar surface area (TPSA) is 108 Å². The zero-order valence-corrected chi connectivity index (χ0v) is 19.6. The van der Waals surface area contributed by atoms with Gasteiger partial charge in [0.1, 0.15) is 0 Å². The van der Waals surface area contributed by atoms with Crippen molar-refractivity contribution in [1.82, 2.24) is 0 Å². The van der Waals surface area contributed by atoms with E-state index in [1.54, 1.807) is 25.3 Å². The molecular weight excluding hydrogens is 444 g/mol. The number of benzene rings is 1. The SMILES string of the molecule is COCCOCCOCCOCCOCCOCCOCCOS(=O)(=O)c1ccccc1. The van der Waals surface area contributed by atoms with Crippen LogP contribution in [-0.4, -0.2) is 108 Å². The van der Waals surface area contributed by atoms with Gasteiger partial charge in [-0.15, -0.1) is 0 Å². The van der Waals surface area contributed by atoms with Crippen LogP contribution >= 0.6 is 0 Å². The first kappa shape index (κ1) is 28.9. The Morgan fingerprint density at radius 3 is 1.25 bits per heavy atom. The second-order valence-electron chi connectivity index (χ2n) is 6.26. The number of hydrogen-bond donors (Lipinski definition) is 0. The van der Waals surface area contributed by atoms with Crippen molar-refractivity contribution < 1.29 is 45.8 Å². The molecule has 0 atom stereocenters. The van der Waals surface area contributed by atoms with Crippen molar-refractivity contribution in [2.75, 3.05) is 99.6 Å². The lowest BCUT2D eigenvalue weighted by atomic mass is 10.4. The van der Waals surface area contributed by atoms with Crippen LogP contribution in [0.15, 0.2) is 35.2 Å². The van der Waals surface area contributed by atoms with Gasteiger partial charge in [-0.1, -0.05) is 18.2 Å². The molecule has 0 amide bonds. The molecule has 0 aromatic heterocycles. The molecule has 32 heavy (non-hydrogen) atoms. The maximum atomic E-state index is 11.9. The first-order valence-electron chi connectivity index (χ1n) is 10.6. The van der Waals surface area contributed by atoms with E-state index in [9.17, 15) is 8.42 Å². The van der Waals surface area contributed by atoms with E-state index < -0.39 is 10.1 Å². The van der Waals surface area contributed by atoms with Crippen LogP contribution in [0.25, 0.3) is 0 Å². The van der Waals surface area contributed by atoms with Crippen molar-refractivity contribution in [3.8, 4) is 0 Å². The minimum absolute atomic E-state index is 0.0481. The van der Waals surface area contributed by atoms with Crippen molar-refractivity contribution in [2.24, 2.45) is 0 Å². The normalized spacial score (nSPS) is 11.8. The first-order valence-corrected chi connectivity index (χ1v) is 12.0. The molecule has 0 bridgehead atoms. The summed E-state index contributed by atoms with van der Waals surface area (Å²) < 4.78 is 65.6. The largest absolute Gasteiger partial charge is 0.382 e. The van der Waals surface area contributed by atoms with Crippen molar-refractivity contribution >= 4 is 10.1 Å². The molecule has 0 N–H and O–H groups in total. The quantitative estimate of drug-likeness (QED) is 0.167. The summed E-state index contributed by atoms with van der Waals surface area (Å²) >= 11 is 0. The van der Waals surface area contributed by atoms with Crippen LogP contribution in [0, 0.1) is 0 Å². The maximum Gasteiger partial charge on any atom is 0.297 e. The van der Waals surface area contributed by atoms with Gasteiger partial charge >= 0.3 is 0 Å². The molecule has 186 valence electrons. The first-order chi connectivity index (χ1) is 15.7. The molecule has 0 saturated carbocycles. The Kier molecular flexibility index (Phi) is 18.5. The number of hydrogen-bond acceptors (Lipinski definition) is 10. The van der Waals surface area contributed by atoms with Crippen molar-refractivity contribution in [2.45, 2.75) is 4.90 Å². The van der Waals surface area contributed by atoms with Gasteiger partial charge in [-0.2, -0.15) is 8.42 Å². The van der Waals surface area contributed by atoms with Gasteiger partial charge in [-0.05, 0) is 12.1 Å². The van der Waals surface area contributed by atoms with E-state index in [-0.39, 0.29) is 18.1 Å². The van der Waals surface area contributed by atoms with E-state index in [0.29, 0.717) is 79.3 Å². The van der Waals surface area contributed by atoms with E-state index in [1.165, 1.54) is 12.1 Å². The molecule has 1 rings (SSSR count). The average Bonchev–Trinajstić information content (AvgIpc) is 2.80. The molecule has 0 unspecified atom stereocenters. The maximum absolute atomic E-state index is 11.9. The van der Waals surface area contributed by atoms with Gasteiger partial charge in [-0.25, -0.2) is 0 Å². The second kappa shape index (κ2) is 20.5. The lowest BCUT2D eigenvalue weighted by Crippen LogP contribution is -2.15. The van der Waals surface area contributed by atoms with Crippen molar-refractivity contribution in [1.29, 1.82) is 0 Å². The second-order valence-corrected chi connectivity index (χ2v) is 7.87. The van der Waals surface area contributed by atoms with E-state index in [2.05, 4.69) is 0 Å². The highest BCUT2D eigenvalue weighted by molar-refractivity contribution is 7.86. The fraction of sp³-hybridized carbons (Fsp3) is 0.714. The molecule has 0 radical (unpaired) electrons. The molecule has 1 aromatic rings. The predicted octanol–water partition coefficient (Wildman–Crippen LogP) is 1.14. The summed E-state index contributed by atoms with van der Waals surface area (Å²) in [5.74, 6) is 0. The van der Waals surface area contributed by atoms with Gasteiger partial charge in [0.05, 0.1) is 97.4 Å². The molecule has 0 aliphatic rings. The lowest BCUT2D eigenvalue weighted by Gasteiger charge is -2.08. The van der Waals surface area contributed by atoms with Crippen LogP contribution in [-0.2, 0) is 47.5 Å². The van der Waals surface area contributed by atoms with Crippen LogP contribution in [0.1, 0.15) is 0 Å². The highest BCUT2D eigenvalue weighted by Gasteiger charge is 2.13. The van der Waals surface area contributed by atoms with Crippen LogP contribution in [0.5, 0.6) is 0 Å². The summed E-state index contributed by atoms with van der Waals surface area (Å²) in [6, 6.07) is 7.98. The zero-order chi connectivity index (χ0) is 23.2. The van der Waals surface area contributed by atoms with Crippen LogP contribution < -0.4 is 0 Å². The van der Waals surface area contributed by atoms with E-state index in [1.807, 2.05) is 0 Å². The molecule has 0 aliphatic heterocycles. The van der Waals surface area contributed by atoms with Crippen molar-refractivity contribution in [3.05, 3.63) is 30.3 Å². The Morgan fingerprint density at radius 1 is 0.531 bits per heavy atom. The number of methoxy groups -OCH3 is 1. The number of rotatable bonds is 23. The third-order valence-corrected chi connectivity index (χ3v) is 5.12. The fourth-order valence-electron chi connectivity index (χ4n) is 2.20. The van der Waals surface area contributed by atoms with Crippen molar-refractivity contribution in [3.63, 3.8) is 0 Å². The predicted molar refractivity (Wildman–Crippen MR) is 116 cm³/mol. The standard InChI is InChI=1S/C21H36O10S/c1-24-7-8-25-9-10-26-11-12-27-13-14-28-15-16-29-17-18-30-19-20-31-32(22,23)21-5-3-2-4-6-21/h2-6H,7-20H2,1H3. The molecule has 11 heteroatoms. The molecule has 0 fully saturated rings. The van der Waals surface area contributed by atoms with E-state index in [0.717, 1.165) is 0 Å². The zero-order valence-electron chi connectivity index (χ0n) is 18.8. The minimum Gasteiger partial charge on any atom is -0.382 e. The monoisotopic (exact) mass is 480 g/mol. The van der Waals surface area contributed by atoms with E-state index >= 15 is 0 Å². The van der Waals surface area contributed by atoms with Gasteiger partial charge < -0.3 is 33.2 Å². The molecule has 10 nitrogen and oxygen atoms in total. The van der Waals surface area contributed by atoms with Gasteiger partial charge in [0, 0.05) is 7.11 Å². The smallest absolute Gasteiger partial charge is 0.297 e. The average molecular weight is 481 g/mol. The summed E-state index contributed by atoms with van der Waals surface area (Å²) in [6.45, 7) is 5.95. The van der Waals surface area contributed by atoms with E-state index in [4.69, 9.17) is 37.3 Å². The minimum atomic E-state index is -3.74. The van der Waals surface area contributed by atoms with Crippen LogP contribution in [0.2, 0.25) is 0 Å². The highest BCUT2D eigenvalue weighted by Crippen LogP contribution is 2.10. The summed E-state index contributed by atoms with van der Waals surface area (Å²) in [5.41, 5.74) is 0. The Morgan fingerprint density at radius 2 is 0.875 bits per heavy atom. The third-order valence-electron chi connectivity index (χ3n) is 3.79. The summed E-state index contributed by atoms with van der Waals surface area (Å²) in [6.07, 6.45) is 0. The molecule has 0 heterocycles. The van der Waals surface area contributed by atoms with Gasteiger partial charge in [0.15, 0.2) is 0 Å². The summed E-state index contributed by atoms with van der Waals surface area (Å²) in [4.78, 5) is 0.126. The van der Waals surface area contributed by atoms with Gasteiger partial charge in [0.25, 0.3) is 10.1 Å². The molecule has 0 saturated heterocycles. The fourth-order valence-corrected chi connectivity index (χ4v) is 3.12. The summed E-state index contributed by atoms with van der Waals surface area (Å²) in [7, 11) is -2.11. The molecular formula is C21H36O10S. The Labute approximate surface area is 191 Å². The number of ether oxygens (including phenoxy) is 7. The summed E-state index contributed by atoms with van der Waals surface area (Å²) in [5, 5.41) is 0. The molecule has 0 spiro atoms. The van der Waals surface area contributed by atoms with Crippen LogP contribution in [0.4, 0.5) is 0 Å². The highest BCUT2D eigenvalue weighted by atomic mass is 32.2. The van der Waals surface area contributed by atoms with Gasteiger partial charge in [0.2, 0.25) is 0 Å². The third kappa shape index (κ3) is 16.5. The lowest BCUT2D eigenvalue weighted by molar-refractivity contribution is -0.0198. The van der Waals surface area contributed by atoms with Gasteiger partial charge in [-0.3, -0.25) is 4.18 Å². The Hall–Kier alpha value is -1.15. The van der Waals surface area contributed by atoms with Crippen LogP contribution in [0.3, 0.4) is 0 Å². The Balaban J connectivity index is 1.76. The molecule has 0 aliphatic carbocycles. The molecule has 1 aromatic carbocycles. The Bertz CT molecular complexity index is 627.